The molecule has 18 heavy (non-hydrogen) atoms. The smallest absolute Gasteiger partial charge is 0.416 e. The molecule has 0 saturated carbocycles. The van der Waals surface area contributed by atoms with E-state index in [2.05, 4.69) is 5.32 Å². The molecule has 0 aliphatic carbocycles. The lowest BCUT2D eigenvalue weighted by atomic mass is 10.2. The minimum absolute atomic E-state index is 0.0732. The molecule has 0 atom stereocenters. The third-order valence-electron chi connectivity index (χ3n) is 1.88. The normalized spacial score (nSPS) is 11.1. The number of nitrogens with one attached hydrogen (secondary N) is 1. The minimum Gasteiger partial charge on any atom is -0.481 e. The second-order valence-corrected chi connectivity index (χ2v) is 3.72. The molecule has 8 heteroatoms. The summed E-state index contributed by atoms with van der Waals surface area (Å²) in [5.74, 6) is -2.22. The Balaban J connectivity index is 2.87. The van der Waals surface area contributed by atoms with Gasteiger partial charge >= 0.3 is 12.1 Å². The molecule has 0 aliphatic heterocycles. The highest BCUT2D eigenvalue weighted by molar-refractivity contribution is 6.33. The van der Waals surface area contributed by atoms with Crippen LogP contribution >= 0.6 is 11.6 Å². The van der Waals surface area contributed by atoms with Crippen LogP contribution in [0.15, 0.2) is 18.2 Å². The first-order valence-corrected chi connectivity index (χ1v) is 4.96. The zero-order valence-electron chi connectivity index (χ0n) is 8.71. The zero-order chi connectivity index (χ0) is 13.9. The average Bonchev–Trinajstić information content (AvgIpc) is 2.18. The van der Waals surface area contributed by atoms with Crippen LogP contribution in [0, 0.1) is 0 Å². The maximum Gasteiger partial charge on any atom is 0.416 e. The van der Waals surface area contributed by atoms with Crippen LogP contribution in [0.25, 0.3) is 0 Å². The number of anilines is 1. The maximum absolute atomic E-state index is 12.3. The Morgan fingerprint density at radius 2 is 1.94 bits per heavy atom. The van der Waals surface area contributed by atoms with E-state index in [0.29, 0.717) is 6.07 Å². The van der Waals surface area contributed by atoms with E-state index in [1.165, 1.54) is 0 Å². The molecule has 4 nitrogen and oxygen atoms in total. The molecule has 1 aromatic rings. The summed E-state index contributed by atoms with van der Waals surface area (Å²) in [6.45, 7) is 0. The van der Waals surface area contributed by atoms with Crippen molar-refractivity contribution in [3.63, 3.8) is 0 Å². The SMILES string of the molecule is O=C(O)CC(=O)Nc1ccc(C(F)(F)F)cc1Cl. The molecule has 1 rings (SSSR count). The predicted molar refractivity (Wildman–Crippen MR) is 57.3 cm³/mol. The topological polar surface area (TPSA) is 66.4 Å². The van der Waals surface area contributed by atoms with Crippen molar-refractivity contribution in [3.8, 4) is 0 Å². The molecule has 1 amide bonds. The van der Waals surface area contributed by atoms with E-state index >= 15 is 0 Å². The maximum atomic E-state index is 12.3. The van der Waals surface area contributed by atoms with Crippen molar-refractivity contribution >= 4 is 29.2 Å². The summed E-state index contributed by atoms with van der Waals surface area (Å²) in [5, 5.41) is 10.1. The Kier molecular flexibility index (Phi) is 4.18. The van der Waals surface area contributed by atoms with Crippen LogP contribution < -0.4 is 5.32 Å². The number of benzene rings is 1. The number of carbonyl (C=O) groups is 2. The number of amides is 1. The van der Waals surface area contributed by atoms with Gasteiger partial charge in [-0.25, -0.2) is 0 Å². The van der Waals surface area contributed by atoms with E-state index in [0.717, 1.165) is 12.1 Å². The van der Waals surface area contributed by atoms with E-state index < -0.39 is 30.0 Å². The number of halogens is 4. The Bertz CT molecular complexity index is 488. The van der Waals surface area contributed by atoms with Gasteiger partial charge in [0.25, 0.3) is 0 Å². The highest BCUT2D eigenvalue weighted by atomic mass is 35.5. The summed E-state index contributed by atoms with van der Waals surface area (Å²) < 4.78 is 36.9. The molecule has 98 valence electrons. The van der Waals surface area contributed by atoms with Crippen LogP contribution in [0.1, 0.15) is 12.0 Å². The van der Waals surface area contributed by atoms with Gasteiger partial charge in [-0.1, -0.05) is 11.6 Å². The van der Waals surface area contributed by atoms with E-state index in [4.69, 9.17) is 16.7 Å². The van der Waals surface area contributed by atoms with Crippen LogP contribution in [0.5, 0.6) is 0 Å². The second-order valence-electron chi connectivity index (χ2n) is 3.31. The Morgan fingerprint density at radius 1 is 1.33 bits per heavy atom. The molecule has 0 radical (unpaired) electrons. The van der Waals surface area contributed by atoms with E-state index in [-0.39, 0.29) is 10.7 Å². The van der Waals surface area contributed by atoms with Crippen LogP contribution in [-0.2, 0) is 15.8 Å². The monoisotopic (exact) mass is 281 g/mol. The van der Waals surface area contributed by atoms with Crippen molar-refractivity contribution in [2.24, 2.45) is 0 Å². The number of aliphatic carboxylic acids is 1. The van der Waals surface area contributed by atoms with Gasteiger partial charge in [-0.3, -0.25) is 9.59 Å². The summed E-state index contributed by atoms with van der Waals surface area (Å²) in [6.07, 6.45) is -5.33. The highest BCUT2D eigenvalue weighted by Crippen LogP contribution is 2.33. The third-order valence-corrected chi connectivity index (χ3v) is 2.19. The number of hydrogen-bond acceptors (Lipinski definition) is 2. The van der Waals surface area contributed by atoms with Crippen molar-refractivity contribution in [1.82, 2.24) is 0 Å². The van der Waals surface area contributed by atoms with Gasteiger partial charge in [-0.05, 0) is 18.2 Å². The molecule has 2 N–H and O–H groups in total. The Labute approximate surface area is 104 Å². The van der Waals surface area contributed by atoms with Gasteiger partial charge in [0.05, 0.1) is 16.3 Å². The van der Waals surface area contributed by atoms with Crippen molar-refractivity contribution in [3.05, 3.63) is 28.8 Å². The van der Waals surface area contributed by atoms with Gasteiger partial charge in [0.15, 0.2) is 0 Å². The van der Waals surface area contributed by atoms with Crippen molar-refractivity contribution in [2.45, 2.75) is 12.6 Å². The molecule has 0 aromatic heterocycles. The van der Waals surface area contributed by atoms with Crippen LogP contribution in [0.3, 0.4) is 0 Å². The molecule has 1 aromatic carbocycles. The van der Waals surface area contributed by atoms with Gasteiger partial charge in [0.2, 0.25) is 5.91 Å². The fourth-order valence-electron chi connectivity index (χ4n) is 1.12. The molecule has 0 unspecified atom stereocenters. The summed E-state index contributed by atoms with van der Waals surface area (Å²) in [5.41, 5.74) is -1.03. The van der Waals surface area contributed by atoms with E-state index in [1.54, 1.807) is 0 Å². The summed E-state index contributed by atoms with van der Waals surface area (Å²) in [6, 6.07) is 2.35. The summed E-state index contributed by atoms with van der Waals surface area (Å²) in [4.78, 5) is 21.3. The lowest BCUT2D eigenvalue weighted by Gasteiger charge is -2.10. The van der Waals surface area contributed by atoms with Gasteiger partial charge in [-0.2, -0.15) is 13.2 Å². The van der Waals surface area contributed by atoms with Gasteiger partial charge in [0.1, 0.15) is 6.42 Å². The number of carbonyl (C=O) groups excluding carboxylic acids is 1. The Morgan fingerprint density at radius 3 is 2.39 bits per heavy atom. The van der Waals surface area contributed by atoms with Crippen LogP contribution in [0.4, 0.5) is 18.9 Å². The second kappa shape index (κ2) is 5.26. The van der Waals surface area contributed by atoms with Crippen molar-refractivity contribution < 1.29 is 27.9 Å². The first-order chi connectivity index (χ1) is 8.20. The largest absolute Gasteiger partial charge is 0.481 e. The molecule has 0 spiro atoms. The molecule has 0 fully saturated rings. The summed E-state index contributed by atoms with van der Waals surface area (Å²) >= 11 is 5.55. The zero-order valence-corrected chi connectivity index (χ0v) is 9.47. The lowest BCUT2D eigenvalue weighted by Crippen LogP contribution is -2.16. The number of carboxylic acids is 1. The molecule has 0 saturated heterocycles. The number of hydrogen-bond donors (Lipinski definition) is 2. The molecular weight excluding hydrogens is 275 g/mol. The first-order valence-electron chi connectivity index (χ1n) is 4.58. The molecule has 0 bridgehead atoms. The van der Waals surface area contributed by atoms with Crippen molar-refractivity contribution in [1.29, 1.82) is 0 Å². The first kappa shape index (κ1) is 14.3. The van der Waals surface area contributed by atoms with E-state index in [1.807, 2.05) is 0 Å². The minimum atomic E-state index is -4.53. The predicted octanol–water partition coefficient (Wildman–Crippen LogP) is 2.77. The van der Waals surface area contributed by atoms with Crippen LogP contribution in [0.2, 0.25) is 5.02 Å². The fourth-order valence-corrected chi connectivity index (χ4v) is 1.35. The molecule has 0 aliphatic rings. The number of alkyl halides is 3. The van der Waals surface area contributed by atoms with Gasteiger partial charge in [0, 0.05) is 0 Å². The average molecular weight is 282 g/mol. The lowest BCUT2D eigenvalue weighted by molar-refractivity contribution is -0.140. The number of carboxylic acid groups (broad SMARTS) is 1. The number of rotatable bonds is 3. The van der Waals surface area contributed by atoms with Gasteiger partial charge in [-0.15, -0.1) is 0 Å². The Hall–Kier alpha value is -1.76. The van der Waals surface area contributed by atoms with Gasteiger partial charge < -0.3 is 10.4 Å². The van der Waals surface area contributed by atoms with Crippen LogP contribution in [-0.4, -0.2) is 17.0 Å². The molecular formula is C10H7ClF3NO3. The third kappa shape index (κ3) is 3.92. The van der Waals surface area contributed by atoms with Crippen molar-refractivity contribution in [2.75, 3.05) is 5.32 Å². The highest BCUT2D eigenvalue weighted by Gasteiger charge is 2.31. The van der Waals surface area contributed by atoms with E-state index in [9.17, 15) is 22.8 Å². The molecule has 0 heterocycles. The summed E-state index contributed by atoms with van der Waals surface area (Å²) in [7, 11) is 0. The quantitative estimate of drug-likeness (QED) is 0.837. The fraction of sp³-hybridized carbons (Fsp3) is 0.200. The standard InChI is InChI=1S/C10H7ClF3NO3/c11-6-3-5(10(12,13)14)1-2-7(6)15-8(16)4-9(17)18/h1-3H,4H2,(H,15,16)(H,17,18).